The molecule has 0 aliphatic carbocycles. The quantitative estimate of drug-likeness (QED) is 0.399. The zero-order valence-electron chi connectivity index (χ0n) is 13.3. The third-order valence-electron chi connectivity index (χ3n) is 3.47. The number of alkyl halides is 3. The van der Waals surface area contributed by atoms with Crippen molar-refractivity contribution in [2.24, 2.45) is 10.7 Å². The van der Waals surface area contributed by atoms with E-state index in [2.05, 4.69) is 10.3 Å². The number of hydrogen-bond acceptors (Lipinski definition) is 1. The molecule has 2 aromatic rings. The van der Waals surface area contributed by atoms with E-state index in [-0.39, 0.29) is 36.5 Å². The third kappa shape index (κ3) is 5.70. The van der Waals surface area contributed by atoms with Crippen molar-refractivity contribution < 1.29 is 13.2 Å². The van der Waals surface area contributed by atoms with Gasteiger partial charge in [0.2, 0.25) is 0 Å². The van der Waals surface area contributed by atoms with Gasteiger partial charge in [0.25, 0.3) is 0 Å². The van der Waals surface area contributed by atoms with Gasteiger partial charge in [-0.1, -0.05) is 18.2 Å². The van der Waals surface area contributed by atoms with Gasteiger partial charge < -0.3 is 11.1 Å². The van der Waals surface area contributed by atoms with Gasteiger partial charge in [-0.15, -0.1) is 24.0 Å². The van der Waals surface area contributed by atoms with Crippen molar-refractivity contribution in [1.82, 2.24) is 0 Å². The van der Waals surface area contributed by atoms with Gasteiger partial charge in [-0.3, -0.25) is 0 Å². The molecule has 0 atom stereocenters. The number of aryl methyl sites for hydroxylation is 2. The number of aliphatic imine (C=N–C) groups is 1. The summed E-state index contributed by atoms with van der Waals surface area (Å²) in [6.07, 6.45) is -4.36. The maximum Gasteiger partial charge on any atom is 0.416 e. The van der Waals surface area contributed by atoms with Gasteiger partial charge >= 0.3 is 6.18 Å². The minimum atomic E-state index is -4.36. The van der Waals surface area contributed by atoms with Crippen LogP contribution in [0.4, 0.5) is 18.9 Å². The van der Waals surface area contributed by atoms with Crippen molar-refractivity contribution in [2.75, 3.05) is 5.32 Å². The highest BCUT2D eigenvalue weighted by Crippen LogP contribution is 2.29. The monoisotopic (exact) mass is 449 g/mol. The van der Waals surface area contributed by atoms with E-state index in [1.807, 2.05) is 32.0 Å². The Morgan fingerprint density at radius 3 is 2.42 bits per heavy atom. The topological polar surface area (TPSA) is 50.4 Å². The Bertz CT molecular complexity index is 727. The molecule has 0 saturated carbocycles. The summed E-state index contributed by atoms with van der Waals surface area (Å²) >= 11 is 0. The van der Waals surface area contributed by atoms with Gasteiger partial charge in [-0.2, -0.15) is 13.2 Å². The van der Waals surface area contributed by atoms with Crippen molar-refractivity contribution in [3.05, 3.63) is 64.7 Å². The average Bonchev–Trinajstić information content (AvgIpc) is 2.48. The first-order chi connectivity index (χ1) is 10.8. The smallest absolute Gasteiger partial charge is 0.370 e. The summed E-state index contributed by atoms with van der Waals surface area (Å²) in [5.74, 6) is 0.158. The second kappa shape index (κ2) is 8.36. The molecule has 0 radical (unpaired) electrons. The first-order valence-corrected chi connectivity index (χ1v) is 7.06. The van der Waals surface area contributed by atoms with E-state index in [4.69, 9.17) is 5.73 Å². The molecular formula is C17H19F3IN3. The number of guanidine groups is 1. The zero-order chi connectivity index (χ0) is 17.0. The number of nitrogens with zero attached hydrogens (tertiary/aromatic N) is 1. The lowest BCUT2D eigenvalue weighted by atomic mass is 10.1. The number of hydrogen-bond donors (Lipinski definition) is 2. The van der Waals surface area contributed by atoms with Crippen LogP contribution < -0.4 is 11.1 Å². The van der Waals surface area contributed by atoms with E-state index in [9.17, 15) is 13.2 Å². The van der Waals surface area contributed by atoms with E-state index in [1.54, 1.807) is 6.07 Å². The summed E-state index contributed by atoms with van der Waals surface area (Å²) in [6.45, 7) is 4.06. The van der Waals surface area contributed by atoms with Crippen LogP contribution in [0.1, 0.15) is 22.3 Å². The lowest BCUT2D eigenvalue weighted by Gasteiger charge is -2.09. The molecule has 0 saturated heterocycles. The Morgan fingerprint density at radius 1 is 1.08 bits per heavy atom. The Kier molecular flexibility index (Phi) is 7.07. The van der Waals surface area contributed by atoms with E-state index >= 15 is 0 Å². The molecule has 3 N–H and O–H groups in total. The molecule has 3 nitrogen and oxygen atoms in total. The highest BCUT2D eigenvalue weighted by Gasteiger charge is 2.30. The molecule has 0 aliphatic heterocycles. The van der Waals surface area contributed by atoms with E-state index < -0.39 is 11.7 Å². The molecule has 0 unspecified atom stereocenters. The molecule has 24 heavy (non-hydrogen) atoms. The van der Waals surface area contributed by atoms with Crippen molar-refractivity contribution in [3.63, 3.8) is 0 Å². The van der Waals surface area contributed by atoms with Crippen molar-refractivity contribution in [1.29, 1.82) is 0 Å². The average molecular weight is 449 g/mol. The second-order valence-corrected chi connectivity index (χ2v) is 5.32. The fourth-order valence-electron chi connectivity index (χ4n) is 2.03. The summed E-state index contributed by atoms with van der Waals surface area (Å²) in [7, 11) is 0. The molecule has 0 bridgehead atoms. The summed E-state index contributed by atoms with van der Waals surface area (Å²) in [5, 5.41) is 2.93. The first kappa shape index (κ1) is 20.3. The van der Waals surface area contributed by atoms with Crippen LogP contribution in [0.25, 0.3) is 0 Å². The van der Waals surface area contributed by atoms with Gasteiger partial charge in [-0.05, 0) is 54.8 Å². The summed E-state index contributed by atoms with van der Waals surface area (Å²) in [5.41, 5.74) is 8.61. The Hall–Kier alpha value is -1.77. The van der Waals surface area contributed by atoms with Crippen LogP contribution in [0, 0.1) is 13.8 Å². The van der Waals surface area contributed by atoms with Crippen LogP contribution in [0.15, 0.2) is 47.5 Å². The Labute approximate surface area is 156 Å². The van der Waals surface area contributed by atoms with Crippen molar-refractivity contribution >= 4 is 35.6 Å². The standard InChI is InChI=1S/C17H18F3N3.HI/c1-11-6-7-15(8-12(11)2)23-16(21)22-10-13-4-3-5-14(9-13)17(18,19)20;/h3-9H,10H2,1-2H3,(H3,21,22,23);1H. The van der Waals surface area contributed by atoms with Crippen LogP contribution in [-0.4, -0.2) is 5.96 Å². The normalized spacial score (nSPS) is 11.8. The van der Waals surface area contributed by atoms with E-state index in [0.717, 1.165) is 28.9 Å². The van der Waals surface area contributed by atoms with Gasteiger partial charge in [0.15, 0.2) is 5.96 Å². The van der Waals surface area contributed by atoms with Crippen LogP contribution in [-0.2, 0) is 12.7 Å². The number of benzene rings is 2. The third-order valence-corrected chi connectivity index (χ3v) is 3.47. The number of anilines is 1. The van der Waals surface area contributed by atoms with Crippen LogP contribution in [0.3, 0.4) is 0 Å². The van der Waals surface area contributed by atoms with Gasteiger partial charge in [-0.25, -0.2) is 4.99 Å². The summed E-state index contributed by atoms with van der Waals surface area (Å²) in [6, 6.07) is 10.8. The zero-order valence-corrected chi connectivity index (χ0v) is 15.6. The first-order valence-electron chi connectivity index (χ1n) is 7.06. The molecule has 2 rings (SSSR count). The van der Waals surface area contributed by atoms with E-state index in [0.29, 0.717) is 5.56 Å². The number of halogens is 4. The van der Waals surface area contributed by atoms with Crippen LogP contribution in [0.5, 0.6) is 0 Å². The largest absolute Gasteiger partial charge is 0.416 e. The lowest BCUT2D eigenvalue weighted by Crippen LogP contribution is -2.22. The van der Waals surface area contributed by atoms with Crippen molar-refractivity contribution in [3.8, 4) is 0 Å². The number of nitrogens with two attached hydrogens (primary N) is 1. The molecule has 0 aromatic heterocycles. The molecule has 130 valence electrons. The van der Waals surface area contributed by atoms with Gasteiger partial charge in [0, 0.05) is 5.69 Å². The fraction of sp³-hybridized carbons (Fsp3) is 0.235. The number of nitrogens with one attached hydrogen (secondary N) is 1. The van der Waals surface area contributed by atoms with Gasteiger partial charge in [0.05, 0.1) is 12.1 Å². The van der Waals surface area contributed by atoms with Crippen LogP contribution in [0.2, 0.25) is 0 Å². The predicted octanol–water partition coefficient (Wildman–Crippen LogP) is 4.87. The second-order valence-electron chi connectivity index (χ2n) is 5.32. The highest BCUT2D eigenvalue weighted by molar-refractivity contribution is 14.0. The maximum atomic E-state index is 12.7. The molecule has 7 heteroatoms. The molecule has 0 heterocycles. The molecule has 0 aliphatic rings. The molecule has 0 amide bonds. The SMILES string of the molecule is Cc1ccc(NC(N)=NCc2cccc(C(F)(F)F)c2)cc1C.I. The van der Waals surface area contributed by atoms with Crippen LogP contribution >= 0.6 is 24.0 Å². The maximum absolute atomic E-state index is 12.7. The minimum Gasteiger partial charge on any atom is -0.370 e. The Morgan fingerprint density at radius 2 is 1.79 bits per heavy atom. The molecule has 0 fully saturated rings. The number of rotatable bonds is 3. The fourth-order valence-corrected chi connectivity index (χ4v) is 2.03. The summed E-state index contributed by atoms with van der Waals surface area (Å²) < 4.78 is 38.0. The van der Waals surface area contributed by atoms with Gasteiger partial charge in [0.1, 0.15) is 0 Å². The minimum absolute atomic E-state index is 0. The van der Waals surface area contributed by atoms with Crippen molar-refractivity contribution in [2.45, 2.75) is 26.6 Å². The van der Waals surface area contributed by atoms with E-state index in [1.165, 1.54) is 6.07 Å². The summed E-state index contributed by atoms with van der Waals surface area (Å²) in [4.78, 5) is 4.08. The highest BCUT2D eigenvalue weighted by atomic mass is 127. The lowest BCUT2D eigenvalue weighted by molar-refractivity contribution is -0.137. The molecule has 0 spiro atoms. The molecule has 2 aromatic carbocycles. The molecular weight excluding hydrogens is 430 g/mol. The predicted molar refractivity (Wildman–Crippen MR) is 102 cm³/mol. The Balaban J connectivity index is 0.00000288.